The number of rotatable bonds is 8. The average molecular weight is 548 g/mol. The van der Waals surface area contributed by atoms with E-state index in [1.807, 2.05) is 36.4 Å². The van der Waals surface area contributed by atoms with Crippen molar-refractivity contribution in [2.45, 2.75) is 53.6 Å². The van der Waals surface area contributed by atoms with Crippen LogP contribution >= 0.6 is 11.3 Å². The first-order valence-corrected chi connectivity index (χ1v) is 14.0. The van der Waals surface area contributed by atoms with Crippen LogP contribution in [0.15, 0.2) is 48.5 Å². The number of anilines is 1. The number of ether oxygens (including phenoxy) is 3. The molecule has 0 saturated carbocycles. The molecule has 0 radical (unpaired) electrons. The summed E-state index contributed by atoms with van der Waals surface area (Å²) in [5.41, 5.74) is 4.74. The van der Waals surface area contributed by atoms with E-state index in [4.69, 9.17) is 14.2 Å². The average Bonchev–Trinajstić information content (AvgIpc) is 3.27. The Hall–Kier alpha value is -3.58. The molecule has 1 heterocycles. The SMILES string of the molecule is COC(=O)c1c(NC(=O)/C=C/c2ccc(OCc3ccccc3C)c(OC)c2)sc2c1CCC(C(C)(C)C)C2. The molecule has 1 amide bonds. The van der Waals surface area contributed by atoms with Gasteiger partial charge >= 0.3 is 5.97 Å². The quantitative estimate of drug-likeness (QED) is 0.238. The minimum atomic E-state index is -0.410. The molecule has 2 aromatic carbocycles. The first-order chi connectivity index (χ1) is 18.6. The van der Waals surface area contributed by atoms with E-state index >= 15 is 0 Å². The van der Waals surface area contributed by atoms with Crippen LogP contribution in [0.5, 0.6) is 11.5 Å². The third-order valence-corrected chi connectivity index (χ3v) is 8.55. The van der Waals surface area contributed by atoms with Crippen LogP contribution in [0.25, 0.3) is 6.08 Å². The van der Waals surface area contributed by atoms with Crippen LogP contribution < -0.4 is 14.8 Å². The standard InChI is InChI=1S/C32H37NO5S/c1-20-9-7-8-10-22(20)19-38-25-15-11-21(17-26(25)36-5)12-16-28(34)33-30-29(31(35)37-6)24-14-13-23(32(2,3)4)18-27(24)39-30/h7-12,15-17,23H,13-14,18-19H2,1-6H3,(H,33,34)/b16-12+. The van der Waals surface area contributed by atoms with E-state index in [-0.39, 0.29) is 11.3 Å². The molecule has 39 heavy (non-hydrogen) atoms. The summed E-state index contributed by atoms with van der Waals surface area (Å²) in [5, 5.41) is 3.48. The van der Waals surface area contributed by atoms with Gasteiger partial charge in [-0.25, -0.2) is 4.79 Å². The summed E-state index contributed by atoms with van der Waals surface area (Å²) in [5.74, 6) is 1.01. The van der Waals surface area contributed by atoms with Crippen molar-refractivity contribution in [1.29, 1.82) is 0 Å². The molecule has 0 saturated heterocycles. The molecular formula is C32H37NO5S. The van der Waals surface area contributed by atoms with Gasteiger partial charge in [0.25, 0.3) is 0 Å². The predicted molar refractivity (Wildman–Crippen MR) is 157 cm³/mol. The maximum absolute atomic E-state index is 12.9. The van der Waals surface area contributed by atoms with E-state index in [1.165, 1.54) is 24.5 Å². The van der Waals surface area contributed by atoms with Crippen molar-refractivity contribution >= 4 is 34.3 Å². The van der Waals surface area contributed by atoms with Crippen LogP contribution in [0, 0.1) is 18.3 Å². The maximum Gasteiger partial charge on any atom is 0.341 e. The van der Waals surface area contributed by atoms with E-state index in [9.17, 15) is 9.59 Å². The monoisotopic (exact) mass is 547 g/mol. The molecule has 0 aliphatic heterocycles. The van der Waals surface area contributed by atoms with Gasteiger partial charge in [0.2, 0.25) is 5.91 Å². The molecule has 1 atom stereocenters. The molecule has 0 bridgehead atoms. The van der Waals surface area contributed by atoms with Gasteiger partial charge in [-0.3, -0.25) is 4.79 Å². The number of methoxy groups -OCH3 is 2. The van der Waals surface area contributed by atoms with Gasteiger partial charge < -0.3 is 19.5 Å². The number of esters is 1. The molecule has 1 unspecified atom stereocenters. The Morgan fingerprint density at radius 3 is 2.56 bits per heavy atom. The van der Waals surface area contributed by atoms with Gasteiger partial charge in [-0.05, 0) is 78.0 Å². The van der Waals surface area contributed by atoms with Crippen molar-refractivity contribution in [2.24, 2.45) is 11.3 Å². The zero-order valence-corrected chi connectivity index (χ0v) is 24.4. The van der Waals surface area contributed by atoms with Gasteiger partial charge in [0.05, 0.1) is 19.8 Å². The number of fused-ring (bicyclic) bond motifs is 1. The Morgan fingerprint density at radius 2 is 1.87 bits per heavy atom. The number of thiophene rings is 1. The van der Waals surface area contributed by atoms with E-state index in [2.05, 4.69) is 39.1 Å². The van der Waals surface area contributed by atoms with Crippen LogP contribution in [0.1, 0.15) is 64.7 Å². The number of carbonyl (C=O) groups is 2. The Balaban J connectivity index is 1.47. The lowest BCUT2D eigenvalue weighted by molar-refractivity contribution is -0.111. The van der Waals surface area contributed by atoms with Gasteiger partial charge in [-0.2, -0.15) is 0 Å². The first kappa shape index (κ1) is 28.4. The Labute approximate surface area is 235 Å². The second-order valence-electron chi connectivity index (χ2n) is 11.0. The number of hydrogen-bond donors (Lipinski definition) is 1. The molecular weight excluding hydrogens is 510 g/mol. The minimum Gasteiger partial charge on any atom is -0.493 e. The van der Waals surface area contributed by atoms with Crippen LogP contribution in [0.4, 0.5) is 5.00 Å². The van der Waals surface area contributed by atoms with Crippen molar-refractivity contribution in [2.75, 3.05) is 19.5 Å². The second kappa shape index (κ2) is 12.1. The third-order valence-electron chi connectivity index (χ3n) is 7.38. The van der Waals surface area contributed by atoms with Crippen LogP contribution in [-0.4, -0.2) is 26.1 Å². The van der Waals surface area contributed by atoms with Crippen LogP contribution in [0.3, 0.4) is 0 Å². The Morgan fingerprint density at radius 1 is 1.10 bits per heavy atom. The molecule has 206 valence electrons. The summed E-state index contributed by atoms with van der Waals surface area (Å²) >= 11 is 1.48. The fraction of sp³-hybridized carbons (Fsp3) is 0.375. The molecule has 4 rings (SSSR count). The molecule has 1 aromatic heterocycles. The summed E-state index contributed by atoms with van der Waals surface area (Å²) in [6.45, 7) is 9.25. The van der Waals surface area contributed by atoms with Crippen molar-refractivity contribution in [3.63, 3.8) is 0 Å². The van der Waals surface area contributed by atoms with Crippen molar-refractivity contribution < 1.29 is 23.8 Å². The smallest absolute Gasteiger partial charge is 0.341 e. The number of amides is 1. The summed E-state index contributed by atoms with van der Waals surface area (Å²) < 4.78 is 16.6. The lowest BCUT2D eigenvalue weighted by atomic mass is 9.72. The highest BCUT2D eigenvalue weighted by Gasteiger charge is 2.34. The van der Waals surface area contributed by atoms with Crippen molar-refractivity contribution in [3.8, 4) is 11.5 Å². The Kier molecular flexibility index (Phi) is 8.80. The highest BCUT2D eigenvalue weighted by atomic mass is 32.1. The van der Waals surface area contributed by atoms with Gasteiger partial charge in [-0.15, -0.1) is 11.3 Å². The largest absolute Gasteiger partial charge is 0.493 e. The lowest BCUT2D eigenvalue weighted by Crippen LogP contribution is -2.26. The number of carbonyl (C=O) groups excluding carboxylic acids is 2. The number of hydrogen-bond acceptors (Lipinski definition) is 6. The zero-order chi connectivity index (χ0) is 28.2. The normalized spacial score (nSPS) is 15.1. The van der Waals surface area contributed by atoms with Gasteiger partial charge in [-0.1, -0.05) is 51.1 Å². The molecule has 1 aliphatic rings. The summed E-state index contributed by atoms with van der Waals surface area (Å²) in [6.07, 6.45) is 5.89. The second-order valence-corrected chi connectivity index (χ2v) is 12.1. The van der Waals surface area contributed by atoms with Crippen molar-refractivity contribution in [1.82, 2.24) is 0 Å². The maximum atomic E-state index is 12.9. The topological polar surface area (TPSA) is 73.9 Å². The molecule has 1 aliphatic carbocycles. The first-order valence-electron chi connectivity index (χ1n) is 13.2. The van der Waals surface area contributed by atoms with E-state index in [0.717, 1.165) is 46.4 Å². The molecule has 1 N–H and O–H groups in total. The third kappa shape index (κ3) is 6.71. The molecule has 0 spiro atoms. The molecule has 3 aromatic rings. The summed E-state index contributed by atoms with van der Waals surface area (Å²) in [7, 11) is 2.97. The van der Waals surface area contributed by atoms with Gasteiger partial charge in [0, 0.05) is 11.0 Å². The van der Waals surface area contributed by atoms with E-state index in [1.54, 1.807) is 13.2 Å². The number of benzene rings is 2. The highest BCUT2D eigenvalue weighted by Crippen LogP contribution is 2.44. The summed E-state index contributed by atoms with van der Waals surface area (Å²) in [4.78, 5) is 26.7. The van der Waals surface area contributed by atoms with E-state index < -0.39 is 5.97 Å². The molecule has 0 fully saturated rings. The van der Waals surface area contributed by atoms with Crippen molar-refractivity contribution in [3.05, 3.63) is 81.2 Å². The predicted octanol–water partition coefficient (Wildman–Crippen LogP) is 7.23. The van der Waals surface area contributed by atoms with Gasteiger partial charge in [0.1, 0.15) is 11.6 Å². The lowest BCUT2D eigenvalue weighted by Gasteiger charge is -2.33. The van der Waals surface area contributed by atoms with E-state index in [0.29, 0.717) is 34.6 Å². The molecule has 6 nitrogen and oxygen atoms in total. The van der Waals surface area contributed by atoms with Crippen LogP contribution in [-0.2, 0) is 29.0 Å². The minimum absolute atomic E-state index is 0.182. The zero-order valence-electron chi connectivity index (χ0n) is 23.6. The van der Waals surface area contributed by atoms with Crippen LogP contribution in [0.2, 0.25) is 0 Å². The van der Waals surface area contributed by atoms with Gasteiger partial charge in [0.15, 0.2) is 11.5 Å². The fourth-order valence-electron chi connectivity index (χ4n) is 4.89. The molecule has 7 heteroatoms. The summed E-state index contributed by atoms with van der Waals surface area (Å²) in [6, 6.07) is 13.6. The number of nitrogens with one attached hydrogen (secondary N) is 1. The Bertz CT molecular complexity index is 1380. The highest BCUT2D eigenvalue weighted by molar-refractivity contribution is 7.17. The number of aryl methyl sites for hydroxylation is 1. The fourth-order valence-corrected chi connectivity index (χ4v) is 6.21.